The molecule has 1 aliphatic carbocycles. The number of carbonyl (C=O) groups is 1. The minimum absolute atomic E-state index is 0.00972. The second kappa shape index (κ2) is 6.21. The number of aromatic nitrogens is 2. The minimum atomic E-state index is -0.691. The van der Waals surface area contributed by atoms with Crippen molar-refractivity contribution < 1.29 is 23.8 Å². The van der Waals surface area contributed by atoms with Crippen molar-refractivity contribution in [3.05, 3.63) is 42.1 Å². The van der Waals surface area contributed by atoms with Crippen molar-refractivity contribution in [3.8, 4) is 11.5 Å². The van der Waals surface area contributed by atoms with Crippen molar-refractivity contribution >= 4 is 11.8 Å². The Kier molecular flexibility index (Phi) is 3.99. The summed E-state index contributed by atoms with van der Waals surface area (Å²) in [6, 6.07) is 3.65. The van der Waals surface area contributed by atoms with Crippen molar-refractivity contribution in [3.63, 3.8) is 0 Å². The van der Waals surface area contributed by atoms with Crippen LogP contribution in [0.4, 0.5) is 10.2 Å². The number of methoxy groups -OCH3 is 1. The second-order valence-corrected chi connectivity index (χ2v) is 6.86. The molecule has 26 heavy (non-hydrogen) atoms. The highest BCUT2D eigenvalue weighted by Crippen LogP contribution is 2.50. The first-order valence-electron chi connectivity index (χ1n) is 8.28. The van der Waals surface area contributed by atoms with Gasteiger partial charge in [0, 0.05) is 18.5 Å². The predicted molar refractivity (Wildman–Crippen MR) is 89.7 cm³/mol. The molecule has 8 heteroatoms. The van der Waals surface area contributed by atoms with Crippen LogP contribution < -0.4 is 9.64 Å². The summed E-state index contributed by atoms with van der Waals surface area (Å²) in [5.74, 6) is -0.102. The van der Waals surface area contributed by atoms with Crippen LogP contribution in [-0.4, -0.2) is 47.3 Å². The van der Waals surface area contributed by atoms with E-state index in [1.807, 2.05) is 4.90 Å². The highest BCUT2D eigenvalue weighted by atomic mass is 19.1. The van der Waals surface area contributed by atoms with Gasteiger partial charge in [0.15, 0.2) is 11.6 Å². The number of hydrogen-bond donors (Lipinski definition) is 1. The number of ether oxygens (including phenoxy) is 2. The Morgan fingerprint density at radius 2 is 2.12 bits per heavy atom. The van der Waals surface area contributed by atoms with Gasteiger partial charge in [-0.3, -0.25) is 0 Å². The minimum Gasteiger partial charge on any atom is -0.465 e. The first-order chi connectivity index (χ1) is 12.5. The molecule has 2 fully saturated rings. The molecule has 0 atom stereocenters. The average Bonchev–Trinajstić information content (AvgIpc) is 2.58. The van der Waals surface area contributed by atoms with Crippen LogP contribution in [0.5, 0.6) is 11.5 Å². The summed E-state index contributed by atoms with van der Waals surface area (Å²) in [5, 5.41) is 9.54. The van der Waals surface area contributed by atoms with Crippen LogP contribution in [0.3, 0.4) is 0 Å². The van der Waals surface area contributed by atoms with E-state index in [0.29, 0.717) is 11.6 Å². The standard InChI is InChI=1S/C18H18FN3O4/c1-25-17(24)13-4-11(19)2-3-14(13)26-15-7-20-10-21-16(15)22-8-18(9-22)5-12(23)6-18/h2-4,7,10,12,23H,5-6,8-9H2,1H3. The molecule has 7 nitrogen and oxygen atoms in total. The van der Waals surface area contributed by atoms with E-state index in [1.54, 1.807) is 0 Å². The summed E-state index contributed by atoms with van der Waals surface area (Å²) in [6.07, 6.45) is 4.33. The molecule has 1 aromatic heterocycles. The zero-order valence-electron chi connectivity index (χ0n) is 14.2. The van der Waals surface area contributed by atoms with Crippen LogP contribution >= 0.6 is 0 Å². The number of nitrogens with zero attached hydrogens (tertiary/aromatic N) is 3. The van der Waals surface area contributed by atoms with Crippen LogP contribution in [-0.2, 0) is 4.74 Å². The molecule has 1 aliphatic heterocycles. The number of esters is 1. The molecular formula is C18H18FN3O4. The molecule has 1 spiro atoms. The lowest BCUT2D eigenvalue weighted by molar-refractivity contribution is -0.0495. The van der Waals surface area contributed by atoms with Gasteiger partial charge in [0.2, 0.25) is 0 Å². The Balaban J connectivity index is 1.58. The largest absolute Gasteiger partial charge is 0.465 e. The lowest BCUT2D eigenvalue weighted by Gasteiger charge is -2.58. The molecule has 2 aromatic rings. The normalized spacial score (nSPS) is 18.2. The molecule has 1 saturated heterocycles. The highest BCUT2D eigenvalue weighted by Gasteiger charge is 2.52. The monoisotopic (exact) mass is 359 g/mol. The van der Waals surface area contributed by atoms with Gasteiger partial charge in [-0.25, -0.2) is 19.2 Å². The number of rotatable bonds is 4. The van der Waals surface area contributed by atoms with Gasteiger partial charge >= 0.3 is 5.97 Å². The van der Waals surface area contributed by atoms with Gasteiger partial charge in [0.1, 0.15) is 23.5 Å². The fraction of sp³-hybridized carbons (Fsp3) is 0.389. The lowest BCUT2D eigenvalue weighted by Crippen LogP contribution is -2.64. The van der Waals surface area contributed by atoms with Crippen molar-refractivity contribution in [1.82, 2.24) is 9.97 Å². The van der Waals surface area contributed by atoms with Gasteiger partial charge in [-0.2, -0.15) is 0 Å². The molecule has 1 aromatic carbocycles. The fourth-order valence-electron chi connectivity index (χ4n) is 3.71. The van der Waals surface area contributed by atoms with Crippen molar-refractivity contribution in [2.45, 2.75) is 18.9 Å². The van der Waals surface area contributed by atoms with Gasteiger partial charge in [-0.05, 0) is 31.0 Å². The van der Waals surface area contributed by atoms with Crippen LogP contribution in [0.15, 0.2) is 30.7 Å². The Bertz CT molecular complexity index is 846. The second-order valence-electron chi connectivity index (χ2n) is 6.86. The molecule has 0 unspecified atom stereocenters. The average molecular weight is 359 g/mol. The van der Waals surface area contributed by atoms with Gasteiger partial charge in [0.05, 0.1) is 19.4 Å². The Morgan fingerprint density at radius 1 is 1.35 bits per heavy atom. The zero-order chi connectivity index (χ0) is 18.3. The van der Waals surface area contributed by atoms with Crippen molar-refractivity contribution in [2.24, 2.45) is 5.41 Å². The maximum absolute atomic E-state index is 13.5. The maximum Gasteiger partial charge on any atom is 0.341 e. The summed E-state index contributed by atoms with van der Waals surface area (Å²) in [5.41, 5.74) is 0.152. The third-order valence-corrected chi connectivity index (χ3v) is 4.92. The first kappa shape index (κ1) is 16.7. The Hall–Kier alpha value is -2.74. The number of halogens is 1. The zero-order valence-corrected chi connectivity index (χ0v) is 14.2. The summed E-state index contributed by atoms with van der Waals surface area (Å²) in [4.78, 5) is 22.2. The van der Waals surface area contributed by atoms with E-state index in [2.05, 4.69) is 14.7 Å². The summed E-state index contributed by atoms with van der Waals surface area (Å²) in [6.45, 7) is 1.56. The van der Waals surface area contributed by atoms with E-state index in [-0.39, 0.29) is 22.8 Å². The number of anilines is 1. The summed E-state index contributed by atoms with van der Waals surface area (Å²) < 4.78 is 24.0. The van der Waals surface area contributed by atoms with E-state index in [4.69, 9.17) is 4.74 Å². The highest BCUT2D eigenvalue weighted by molar-refractivity contribution is 5.92. The molecule has 1 N–H and O–H groups in total. The first-order valence-corrected chi connectivity index (χ1v) is 8.28. The van der Waals surface area contributed by atoms with Gasteiger partial charge < -0.3 is 19.5 Å². The Morgan fingerprint density at radius 3 is 2.81 bits per heavy atom. The number of aliphatic hydroxyl groups excluding tert-OH is 1. The van der Waals surface area contributed by atoms with Crippen LogP contribution in [0.1, 0.15) is 23.2 Å². The smallest absolute Gasteiger partial charge is 0.341 e. The number of benzene rings is 1. The van der Waals surface area contributed by atoms with Crippen LogP contribution in [0, 0.1) is 11.2 Å². The van der Waals surface area contributed by atoms with Crippen LogP contribution in [0.2, 0.25) is 0 Å². The molecule has 2 heterocycles. The third kappa shape index (κ3) is 2.86. The molecule has 136 valence electrons. The summed E-state index contributed by atoms with van der Waals surface area (Å²) in [7, 11) is 1.22. The quantitative estimate of drug-likeness (QED) is 0.837. The number of aliphatic hydroxyl groups is 1. The van der Waals surface area contributed by atoms with E-state index < -0.39 is 11.8 Å². The van der Waals surface area contributed by atoms with Crippen molar-refractivity contribution in [2.75, 3.05) is 25.1 Å². The van der Waals surface area contributed by atoms with E-state index in [9.17, 15) is 14.3 Å². The van der Waals surface area contributed by atoms with E-state index >= 15 is 0 Å². The molecule has 0 bridgehead atoms. The fourth-order valence-corrected chi connectivity index (χ4v) is 3.71. The molecule has 1 saturated carbocycles. The van der Waals surface area contributed by atoms with Crippen LogP contribution in [0.25, 0.3) is 0 Å². The maximum atomic E-state index is 13.5. The van der Waals surface area contributed by atoms with E-state index in [0.717, 1.165) is 32.0 Å². The summed E-state index contributed by atoms with van der Waals surface area (Å²) >= 11 is 0. The molecule has 4 rings (SSSR count). The van der Waals surface area contributed by atoms with Crippen molar-refractivity contribution in [1.29, 1.82) is 0 Å². The molecule has 0 amide bonds. The topological polar surface area (TPSA) is 84.8 Å². The van der Waals surface area contributed by atoms with Gasteiger partial charge in [-0.15, -0.1) is 0 Å². The predicted octanol–water partition coefficient (Wildman–Crippen LogP) is 2.16. The van der Waals surface area contributed by atoms with Gasteiger partial charge in [-0.1, -0.05) is 0 Å². The Labute approximate surface area is 149 Å². The lowest BCUT2D eigenvalue weighted by atomic mass is 9.62. The SMILES string of the molecule is COC(=O)c1cc(F)ccc1Oc1cncnc1N1CC2(CC(O)C2)C1. The van der Waals surface area contributed by atoms with E-state index in [1.165, 1.54) is 31.8 Å². The third-order valence-electron chi connectivity index (χ3n) is 4.92. The van der Waals surface area contributed by atoms with Gasteiger partial charge in [0.25, 0.3) is 0 Å². The molecular weight excluding hydrogens is 341 g/mol. The number of carbonyl (C=O) groups excluding carboxylic acids is 1. The number of hydrogen-bond acceptors (Lipinski definition) is 7. The molecule has 0 radical (unpaired) electrons. The molecule has 2 aliphatic rings.